The van der Waals surface area contributed by atoms with E-state index in [4.69, 9.17) is 4.42 Å². The van der Waals surface area contributed by atoms with Gasteiger partial charge in [0.05, 0.1) is 6.26 Å². The Bertz CT molecular complexity index is 773. The van der Waals surface area contributed by atoms with Crippen LogP contribution in [0.4, 0.5) is 14.5 Å². The molecule has 0 amide bonds. The van der Waals surface area contributed by atoms with Crippen LogP contribution in [0.2, 0.25) is 0 Å². The molecule has 0 saturated carbocycles. The highest BCUT2D eigenvalue weighted by Gasteiger charge is 2.31. The van der Waals surface area contributed by atoms with Crippen LogP contribution in [0.5, 0.6) is 0 Å². The van der Waals surface area contributed by atoms with Crippen molar-refractivity contribution in [2.24, 2.45) is 4.99 Å². The topological polar surface area (TPSA) is 25.5 Å². The largest absolute Gasteiger partial charge is 0.470 e. The molecule has 0 N–H and O–H groups in total. The molecular formula is C17H13F2NO. The van der Waals surface area contributed by atoms with Crippen LogP contribution in [0.1, 0.15) is 36.3 Å². The maximum absolute atomic E-state index is 13.6. The fraction of sp³-hybridized carbons (Fsp3) is 0.235. The quantitative estimate of drug-likeness (QED) is 0.732. The van der Waals surface area contributed by atoms with Gasteiger partial charge in [0.1, 0.15) is 12.0 Å². The van der Waals surface area contributed by atoms with E-state index in [1.54, 1.807) is 18.6 Å². The summed E-state index contributed by atoms with van der Waals surface area (Å²) in [6.45, 7) is 0. The molecule has 0 spiro atoms. The zero-order valence-electron chi connectivity index (χ0n) is 11.3. The van der Waals surface area contributed by atoms with E-state index in [-0.39, 0.29) is 5.92 Å². The SMILES string of the molecule is Fc1ccc(C2C3=CCCCC3=Nc3cocc32)cc1F. The number of fused-ring (bicyclic) bond motifs is 2. The first-order chi connectivity index (χ1) is 10.2. The summed E-state index contributed by atoms with van der Waals surface area (Å²) in [5, 5.41) is 0. The van der Waals surface area contributed by atoms with E-state index in [0.29, 0.717) is 0 Å². The van der Waals surface area contributed by atoms with Gasteiger partial charge in [-0.05, 0) is 42.5 Å². The van der Waals surface area contributed by atoms with Crippen LogP contribution >= 0.6 is 0 Å². The predicted octanol–water partition coefficient (Wildman–Crippen LogP) is 4.89. The van der Waals surface area contributed by atoms with Crippen LogP contribution in [0.15, 0.2) is 51.8 Å². The molecule has 2 heterocycles. The molecule has 0 saturated heterocycles. The zero-order valence-corrected chi connectivity index (χ0v) is 11.3. The molecule has 4 heteroatoms. The number of rotatable bonds is 1. The Balaban J connectivity index is 1.91. The maximum Gasteiger partial charge on any atom is 0.159 e. The van der Waals surface area contributed by atoms with Crippen LogP contribution in [-0.2, 0) is 0 Å². The van der Waals surface area contributed by atoms with E-state index in [1.807, 2.05) is 0 Å². The first-order valence-electron chi connectivity index (χ1n) is 7.03. The Labute approximate surface area is 120 Å². The van der Waals surface area contributed by atoms with Gasteiger partial charge in [0.15, 0.2) is 11.6 Å². The summed E-state index contributed by atoms with van der Waals surface area (Å²) in [5.74, 6) is -1.77. The van der Waals surface area contributed by atoms with Gasteiger partial charge in [0.2, 0.25) is 0 Å². The molecule has 0 bridgehead atoms. The number of halogens is 2. The minimum atomic E-state index is -0.825. The van der Waals surface area contributed by atoms with Gasteiger partial charge in [0.25, 0.3) is 0 Å². The molecule has 2 aliphatic rings. The third kappa shape index (κ3) is 1.94. The van der Waals surface area contributed by atoms with E-state index < -0.39 is 11.6 Å². The summed E-state index contributed by atoms with van der Waals surface area (Å²) in [7, 11) is 0. The van der Waals surface area contributed by atoms with Crippen molar-refractivity contribution in [3.63, 3.8) is 0 Å². The smallest absolute Gasteiger partial charge is 0.159 e. The van der Waals surface area contributed by atoms with Gasteiger partial charge in [-0.1, -0.05) is 12.1 Å². The van der Waals surface area contributed by atoms with E-state index in [0.717, 1.165) is 47.4 Å². The highest BCUT2D eigenvalue weighted by Crippen LogP contribution is 2.45. The average Bonchev–Trinajstić information content (AvgIpc) is 2.95. The van der Waals surface area contributed by atoms with Crippen molar-refractivity contribution in [1.82, 2.24) is 0 Å². The molecular weight excluding hydrogens is 272 g/mol. The van der Waals surface area contributed by atoms with E-state index >= 15 is 0 Å². The number of aliphatic imine (C=N–C) groups is 1. The zero-order chi connectivity index (χ0) is 14.4. The van der Waals surface area contributed by atoms with Crippen molar-refractivity contribution < 1.29 is 13.2 Å². The van der Waals surface area contributed by atoms with Crippen molar-refractivity contribution in [2.75, 3.05) is 0 Å². The van der Waals surface area contributed by atoms with Gasteiger partial charge in [-0.2, -0.15) is 0 Å². The summed E-state index contributed by atoms with van der Waals surface area (Å²) >= 11 is 0. The second kappa shape index (κ2) is 4.65. The number of nitrogens with zero attached hydrogens (tertiary/aromatic N) is 1. The van der Waals surface area contributed by atoms with Gasteiger partial charge < -0.3 is 4.42 Å². The highest BCUT2D eigenvalue weighted by molar-refractivity contribution is 6.06. The third-order valence-corrected chi connectivity index (χ3v) is 4.14. The lowest BCUT2D eigenvalue weighted by Gasteiger charge is -2.28. The van der Waals surface area contributed by atoms with Crippen LogP contribution < -0.4 is 0 Å². The van der Waals surface area contributed by atoms with Crippen LogP contribution in [0, 0.1) is 11.6 Å². The maximum atomic E-state index is 13.6. The van der Waals surface area contributed by atoms with E-state index in [2.05, 4.69) is 11.1 Å². The Kier molecular flexibility index (Phi) is 2.77. The molecule has 0 radical (unpaired) electrons. The van der Waals surface area contributed by atoms with Gasteiger partial charge in [-0.15, -0.1) is 0 Å². The Morgan fingerprint density at radius 1 is 1.14 bits per heavy atom. The normalized spacial score (nSPS) is 20.4. The molecule has 1 aliphatic heterocycles. The number of hydrogen-bond acceptors (Lipinski definition) is 2. The standard InChI is InChI=1S/C17H13F2NO/c18-13-6-5-10(7-14(13)19)17-11-3-1-2-4-15(11)20-16-9-21-8-12(16)17/h3,5-9,17H,1-2,4H2. The van der Waals surface area contributed by atoms with Gasteiger partial charge in [0, 0.05) is 17.2 Å². The fourth-order valence-electron chi connectivity index (χ4n) is 3.17. The molecule has 1 atom stereocenters. The monoisotopic (exact) mass is 285 g/mol. The molecule has 2 nitrogen and oxygen atoms in total. The summed E-state index contributed by atoms with van der Waals surface area (Å²) in [5.41, 5.74) is 4.57. The second-order valence-electron chi connectivity index (χ2n) is 5.43. The van der Waals surface area contributed by atoms with Gasteiger partial charge >= 0.3 is 0 Å². The van der Waals surface area contributed by atoms with Crippen LogP contribution in [0.3, 0.4) is 0 Å². The molecule has 21 heavy (non-hydrogen) atoms. The summed E-state index contributed by atoms with van der Waals surface area (Å²) in [6.07, 6.45) is 8.39. The molecule has 4 rings (SSSR count). The van der Waals surface area contributed by atoms with Crippen LogP contribution in [-0.4, -0.2) is 5.71 Å². The van der Waals surface area contributed by atoms with Gasteiger partial charge in [-0.25, -0.2) is 13.8 Å². The molecule has 0 fully saturated rings. The lowest BCUT2D eigenvalue weighted by atomic mass is 9.78. The summed E-state index contributed by atoms with van der Waals surface area (Å²) < 4.78 is 32.1. The van der Waals surface area contributed by atoms with E-state index in [1.165, 1.54) is 12.1 Å². The number of benzene rings is 1. The highest BCUT2D eigenvalue weighted by atomic mass is 19.2. The number of allylic oxidation sites excluding steroid dienone is 2. The average molecular weight is 285 g/mol. The molecule has 2 aromatic rings. The Morgan fingerprint density at radius 2 is 2.05 bits per heavy atom. The van der Waals surface area contributed by atoms with Crippen molar-refractivity contribution in [3.05, 3.63) is 65.1 Å². The number of furan rings is 1. The van der Waals surface area contributed by atoms with Crippen molar-refractivity contribution in [3.8, 4) is 0 Å². The first-order valence-corrected chi connectivity index (χ1v) is 7.03. The van der Waals surface area contributed by atoms with Crippen molar-refractivity contribution in [1.29, 1.82) is 0 Å². The molecule has 1 unspecified atom stereocenters. The molecule has 1 aliphatic carbocycles. The number of hydrogen-bond donors (Lipinski definition) is 0. The lowest BCUT2D eigenvalue weighted by Crippen LogP contribution is -2.19. The lowest BCUT2D eigenvalue weighted by molar-refractivity contribution is 0.506. The minimum absolute atomic E-state index is 0.123. The van der Waals surface area contributed by atoms with Crippen LogP contribution in [0.25, 0.3) is 0 Å². The van der Waals surface area contributed by atoms with E-state index in [9.17, 15) is 8.78 Å². The fourth-order valence-corrected chi connectivity index (χ4v) is 3.17. The predicted molar refractivity (Wildman–Crippen MR) is 75.9 cm³/mol. The Hall–Kier alpha value is -2.23. The van der Waals surface area contributed by atoms with Gasteiger partial charge in [-0.3, -0.25) is 0 Å². The van der Waals surface area contributed by atoms with Crippen molar-refractivity contribution in [2.45, 2.75) is 25.2 Å². The summed E-state index contributed by atoms with van der Waals surface area (Å²) in [4.78, 5) is 4.63. The molecule has 106 valence electrons. The molecule has 1 aromatic carbocycles. The third-order valence-electron chi connectivity index (χ3n) is 4.14. The van der Waals surface area contributed by atoms with Crippen molar-refractivity contribution >= 4 is 11.4 Å². The first kappa shape index (κ1) is 12.5. The molecule has 1 aromatic heterocycles. The minimum Gasteiger partial charge on any atom is -0.470 e. The second-order valence-corrected chi connectivity index (χ2v) is 5.43. The summed E-state index contributed by atoms with van der Waals surface area (Å²) in [6, 6.07) is 4.09. The Morgan fingerprint density at radius 3 is 2.90 bits per heavy atom.